The number of unbranched alkanes of at least 4 members (excludes halogenated alkanes) is 7. The molecule has 1 aromatic carbocycles. The molecule has 1 aromatic rings. The molecule has 0 unspecified atom stereocenters. The van der Waals surface area contributed by atoms with Gasteiger partial charge in [0.1, 0.15) is 5.75 Å². The molecule has 0 spiro atoms. The van der Waals surface area contributed by atoms with Crippen LogP contribution in [0.3, 0.4) is 0 Å². The van der Waals surface area contributed by atoms with E-state index in [2.05, 4.69) is 12.2 Å². The quantitative estimate of drug-likeness (QED) is 0.521. The highest BCUT2D eigenvalue weighted by Crippen LogP contribution is 2.27. The van der Waals surface area contributed by atoms with Gasteiger partial charge in [-0.15, -0.1) is 0 Å². The van der Waals surface area contributed by atoms with E-state index in [-0.39, 0.29) is 5.91 Å². The van der Waals surface area contributed by atoms with Crippen molar-refractivity contribution >= 4 is 23.2 Å². The molecule has 0 aliphatic rings. The van der Waals surface area contributed by atoms with Gasteiger partial charge in [0.25, 0.3) is 0 Å². The van der Waals surface area contributed by atoms with Gasteiger partial charge in [-0.1, -0.05) is 63.5 Å². The lowest BCUT2D eigenvalue weighted by atomic mass is 10.1. The molecule has 0 saturated carbocycles. The summed E-state index contributed by atoms with van der Waals surface area (Å²) in [6.07, 6.45) is 10.4. The van der Waals surface area contributed by atoms with Gasteiger partial charge < -0.3 is 10.1 Å². The molecule has 1 N–H and O–H groups in total. The predicted octanol–water partition coefficient (Wildman–Crippen LogP) is 5.82. The Kier molecular flexibility index (Phi) is 9.72. The molecule has 0 aliphatic heterocycles. The zero-order valence-corrected chi connectivity index (χ0v) is 14.5. The molecule has 0 aliphatic carbocycles. The van der Waals surface area contributed by atoms with Gasteiger partial charge in [-0.05, 0) is 24.6 Å². The number of nitrogens with one attached hydrogen (secondary N) is 1. The van der Waals surface area contributed by atoms with E-state index in [1.165, 1.54) is 38.5 Å². The molecule has 0 atom stereocenters. The van der Waals surface area contributed by atoms with E-state index in [1.54, 1.807) is 25.3 Å². The van der Waals surface area contributed by atoms with E-state index >= 15 is 0 Å². The highest BCUT2D eigenvalue weighted by atomic mass is 35.5. The number of benzene rings is 1. The van der Waals surface area contributed by atoms with Crippen molar-refractivity contribution in [2.24, 2.45) is 0 Å². The van der Waals surface area contributed by atoms with Crippen LogP contribution in [0.2, 0.25) is 5.02 Å². The molecule has 1 rings (SSSR count). The lowest BCUT2D eigenvalue weighted by molar-refractivity contribution is -0.116. The Hall–Kier alpha value is -1.22. The Morgan fingerprint density at radius 3 is 2.36 bits per heavy atom. The van der Waals surface area contributed by atoms with Crippen LogP contribution in [0.4, 0.5) is 5.69 Å². The second kappa shape index (κ2) is 11.4. The summed E-state index contributed by atoms with van der Waals surface area (Å²) in [5.74, 6) is 0.653. The third kappa shape index (κ3) is 7.69. The van der Waals surface area contributed by atoms with Crippen molar-refractivity contribution in [2.75, 3.05) is 12.4 Å². The highest BCUT2D eigenvalue weighted by Gasteiger charge is 2.08. The maximum atomic E-state index is 12.0. The molecule has 0 heterocycles. The van der Waals surface area contributed by atoms with E-state index < -0.39 is 0 Å². The standard InChI is InChI=1S/C18H28ClNO2/c1-3-4-5-6-7-8-9-10-11-18(21)20-16-14-15(19)12-13-17(16)22-2/h12-14H,3-11H2,1-2H3,(H,20,21). The third-order valence-corrected chi connectivity index (χ3v) is 3.93. The summed E-state index contributed by atoms with van der Waals surface area (Å²) in [7, 11) is 1.58. The van der Waals surface area contributed by atoms with Gasteiger partial charge in [-0.2, -0.15) is 0 Å². The van der Waals surface area contributed by atoms with Crippen LogP contribution in [0.25, 0.3) is 0 Å². The molecule has 3 nitrogen and oxygen atoms in total. The lowest BCUT2D eigenvalue weighted by Crippen LogP contribution is -2.11. The smallest absolute Gasteiger partial charge is 0.224 e. The summed E-state index contributed by atoms with van der Waals surface area (Å²) in [6.45, 7) is 2.23. The number of anilines is 1. The van der Waals surface area contributed by atoms with Gasteiger partial charge in [-0.3, -0.25) is 4.79 Å². The first-order valence-corrected chi connectivity index (χ1v) is 8.68. The largest absolute Gasteiger partial charge is 0.495 e. The zero-order chi connectivity index (χ0) is 16.2. The van der Waals surface area contributed by atoms with Crippen LogP contribution in [-0.2, 0) is 4.79 Å². The van der Waals surface area contributed by atoms with Gasteiger partial charge in [-0.25, -0.2) is 0 Å². The van der Waals surface area contributed by atoms with Gasteiger partial charge >= 0.3 is 0 Å². The molecule has 0 radical (unpaired) electrons. The molecule has 4 heteroatoms. The molecule has 1 amide bonds. The monoisotopic (exact) mass is 325 g/mol. The average molecular weight is 326 g/mol. The Morgan fingerprint density at radius 1 is 1.09 bits per heavy atom. The maximum absolute atomic E-state index is 12.0. The first-order chi connectivity index (χ1) is 10.7. The summed E-state index contributed by atoms with van der Waals surface area (Å²) in [6, 6.07) is 5.22. The van der Waals surface area contributed by atoms with Crippen LogP contribution < -0.4 is 10.1 Å². The normalized spacial score (nSPS) is 10.5. The highest BCUT2D eigenvalue weighted by molar-refractivity contribution is 6.31. The summed E-state index contributed by atoms with van der Waals surface area (Å²) in [4.78, 5) is 12.0. The molecule has 22 heavy (non-hydrogen) atoms. The number of rotatable bonds is 11. The number of amides is 1. The fourth-order valence-electron chi connectivity index (χ4n) is 2.41. The van der Waals surface area contributed by atoms with Crippen molar-refractivity contribution in [3.63, 3.8) is 0 Å². The van der Waals surface area contributed by atoms with Crippen LogP contribution in [0, 0.1) is 0 Å². The van der Waals surface area contributed by atoms with Crippen molar-refractivity contribution in [3.8, 4) is 5.75 Å². The molecule has 124 valence electrons. The second-order valence-corrected chi connectivity index (χ2v) is 6.05. The molecular formula is C18H28ClNO2. The van der Waals surface area contributed by atoms with Crippen molar-refractivity contribution in [2.45, 2.75) is 64.7 Å². The fraction of sp³-hybridized carbons (Fsp3) is 0.611. The number of carbonyl (C=O) groups excluding carboxylic acids is 1. The van der Waals surface area contributed by atoms with E-state index in [9.17, 15) is 4.79 Å². The Bertz CT molecular complexity index is 449. The van der Waals surface area contributed by atoms with Crippen LogP contribution in [0.5, 0.6) is 5.75 Å². The summed E-state index contributed by atoms with van der Waals surface area (Å²) < 4.78 is 5.22. The van der Waals surface area contributed by atoms with Crippen molar-refractivity contribution in [1.82, 2.24) is 0 Å². The topological polar surface area (TPSA) is 38.3 Å². The fourth-order valence-corrected chi connectivity index (χ4v) is 2.58. The molecule has 0 fully saturated rings. The maximum Gasteiger partial charge on any atom is 0.224 e. The minimum Gasteiger partial charge on any atom is -0.495 e. The van der Waals surface area contributed by atoms with Crippen LogP contribution in [0.1, 0.15) is 64.7 Å². The van der Waals surface area contributed by atoms with E-state index in [4.69, 9.17) is 16.3 Å². The average Bonchev–Trinajstić information content (AvgIpc) is 2.50. The van der Waals surface area contributed by atoms with E-state index in [1.807, 2.05) is 0 Å². The Morgan fingerprint density at radius 2 is 1.73 bits per heavy atom. The third-order valence-electron chi connectivity index (χ3n) is 3.69. The van der Waals surface area contributed by atoms with E-state index in [0.29, 0.717) is 22.9 Å². The number of carbonyl (C=O) groups is 1. The predicted molar refractivity (Wildman–Crippen MR) is 93.9 cm³/mol. The molecule has 0 saturated heterocycles. The summed E-state index contributed by atoms with van der Waals surface area (Å²) in [5.41, 5.74) is 0.638. The van der Waals surface area contributed by atoms with Gasteiger partial charge in [0.2, 0.25) is 5.91 Å². The SMILES string of the molecule is CCCCCCCCCCC(=O)Nc1cc(Cl)ccc1OC. The first-order valence-electron chi connectivity index (χ1n) is 8.30. The van der Waals surface area contributed by atoms with Crippen molar-refractivity contribution in [3.05, 3.63) is 23.2 Å². The van der Waals surface area contributed by atoms with Crippen molar-refractivity contribution < 1.29 is 9.53 Å². The number of hydrogen-bond acceptors (Lipinski definition) is 2. The molecule has 0 bridgehead atoms. The summed E-state index contributed by atoms with van der Waals surface area (Å²) >= 11 is 5.95. The van der Waals surface area contributed by atoms with Gasteiger partial charge in [0.05, 0.1) is 12.8 Å². The zero-order valence-electron chi connectivity index (χ0n) is 13.8. The van der Waals surface area contributed by atoms with Crippen LogP contribution >= 0.6 is 11.6 Å². The minimum absolute atomic E-state index is 0.0200. The first kappa shape index (κ1) is 18.8. The van der Waals surface area contributed by atoms with Crippen LogP contribution in [-0.4, -0.2) is 13.0 Å². The summed E-state index contributed by atoms with van der Waals surface area (Å²) in [5, 5.41) is 3.46. The van der Waals surface area contributed by atoms with E-state index in [0.717, 1.165) is 12.8 Å². The minimum atomic E-state index is 0.0200. The molecular weight excluding hydrogens is 298 g/mol. The van der Waals surface area contributed by atoms with Crippen LogP contribution in [0.15, 0.2) is 18.2 Å². The Balaban J connectivity index is 2.20. The number of halogens is 1. The van der Waals surface area contributed by atoms with Crippen molar-refractivity contribution in [1.29, 1.82) is 0 Å². The van der Waals surface area contributed by atoms with Gasteiger partial charge in [0.15, 0.2) is 0 Å². The lowest BCUT2D eigenvalue weighted by Gasteiger charge is -2.10. The number of hydrogen-bond donors (Lipinski definition) is 1. The number of methoxy groups -OCH3 is 1. The Labute approximate surface area is 139 Å². The van der Waals surface area contributed by atoms with Gasteiger partial charge in [0, 0.05) is 11.4 Å². The molecule has 0 aromatic heterocycles. The number of ether oxygens (including phenoxy) is 1. The second-order valence-electron chi connectivity index (χ2n) is 5.62.